The molecule has 30 heavy (non-hydrogen) atoms. The lowest BCUT2D eigenvalue weighted by Gasteiger charge is -2.19. The molecule has 0 atom stereocenters. The van der Waals surface area contributed by atoms with Gasteiger partial charge in [-0.25, -0.2) is 4.79 Å². The summed E-state index contributed by atoms with van der Waals surface area (Å²) in [6.45, 7) is 5.26. The number of ether oxygens (including phenoxy) is 1. The van der Waals surface area contributed by atoms with Gasteiger partial charge >= 0.3 is 6.03 Å². The first kappa shape index (κ1) is 22.7. The first-order chi connectivity index (χ1) is 14.5. The van der Waals surface area contributed by atoms with Crippen molar-refractivity contribution in [3.05, 3.63) is 54.1 Å². The Morgan fingerprint density at radius 3 is 2.27 bits per heavy atom. The van der Waals surface area contributed by atoms with Crippen molar-refractivity contribution < 1.29 is 19.1 Å². The average molecular weight is 412 g/mol. The number of nitrogens with one attached hydrogen (secondary N) is 3. The van der Waals surface area contributed by atoms with Gasteiger partial charge in [-0.1, -0.05) is 6.07 Å². The van der Waals surface area contributed by atoms with E-state index in [0.717, 1.165) is 0 Å². The topological polar surface area (TPSA) is 99.8 Å². The van der Waals surface area contributed by atoms with Gasteiger partial charge in [0.2, 0.25) is 5.91 Å². The van der Waals surface area contributed by atoms with Gasteiger partial charge in [0.15, 0.2) is 0 Å². The van der Waals surface area contributed by atoms with Crippen LogP contribution in [-0.2, 0) is 4.79 Å². The third-order valence-corrected chi connectivity index (χ3v) is 4.43. The molecule has 0 heterocycles. The van der Waals surface area contributed by atoms with Crippen LogP contribution in [0.1, 0.15) is 30.6 Å². The van der Waals surface area contributed by atoms with E-state index in [2.05, 4.69) is 16.0 Å². The monoisotopic (exact) mass is 412 g/mol. The Balaban J connectivity index is 1.79. The predicted octanol–water partition coefficient (Wildman–Crippen LogP) is 3.33. The third kappa shape index (κ3) is 6.80. The molecule has 0 aliphatic rings. The summed E-state index contributed by atoms with van der Waals surface area (Å²) in [7, 11) is 1.57. The van der Waals surface area contributed by atoms with E-state index in [-0.39, 0.29) is 24.8 Å². The molecule has 2 rings (SSSR count). The van der Waals surface area contributed by atoms with Gasteiger partial charge in [-0.2, -0.15) is 0 Å². The Morgan fingerprint density at radius 2 is 1.63 bits per heavy atom. The molecule has 8 heteroatoms. The summed E-state index contributed by atoms with van der Waals surface area (Å²) in [6, 6.07) is 13.3. The van der Waals surface area contributed by atoms with Gasteiger partial charge in [0.25, 0.3) is 5.91 Å². The predicted molar refractivity (Wildman–Crippen MR) is 117 cm³/mol. The number of hydrogen-bond acceptors (Lipinski definition) is 4. The number of carbonyl (C=O) groups excluding carboxylic acids is 3. The van der Waals surface area contributed by atoms with Crippen molar-refractivity contribution in [3.63, 3.8) is 0 Å². The maximum absolute atomic E-state index is 12.4. The van der Waals surface area contributed by atoms with Crippen LogP contribution in [0.3, 0.4) is 0 Å². The highest BCUT2D eigenvalue weighted by atomic mass is 16.5. The van der Waals surface area contributed by atoms with Gasteiger partial charge in [-0.05, 0) is 56.3 Å². The van der Waals surface area contributed by atoms with Crippen molar-refractivity contribution in [2.45, 2.75) is 20.3 Å². The SMILES string of the molecule is CCN(CC)C(=O)c1cccc(NC(=O)CCNC(=O)Nc2ccc(OC)cc2)c1. The second-order valence-electron chi connectivity index (χ2n) is 6.47. The zero-order valence-corrected chi connectivity index (χ0v) is 17.5. The summed E-state index contributed by atoms with van der Waals surface area (Å²) in [5.74, 6) is 0.362. The van der Waals surface area contributed by atoms with E-state index < -0.39 is 6.03 Å². The van der Waals surface area contributed by atoms with Crippen LogP contribution in [0, 0.1) is 0 Å². The fourth-order valence-corrected chi connectivity index (χ4v) is 2.79. The Labute approximate surface area is 176 Å². The lowest BCUT2D eigenvalue weighted by Crippen LogP contribution is -2.31. The van der Waals surface area contributed by atoms with E-state index in [1.807, 2.05) is 13.8 Å². The maximum atomic E-state index is 12.4. The van der Waals surface area contributed by atoms with E-state index in [4.69, 9.17) is 4.74 Å². The van der Waals surface area contributed by atoms with Crippen molar-refractivity contribution in [1.82, 2.24) is 10.2 Å². The number of benzene rings is 2. The number of nitrogens with zero attached hydrogens (tertiary/aromatic N) is 1. The van der Waals surface area contributed by atoms with Crippen molar-refractivity contribution in [2.75, 3.05) is 37.4 Å². The molecular weight excluding hydrogens is 384 g/mol. The van der Waals surface area contributed by atoms with Crippen LogP contribution in [-0.4, -0.2) is 49.5 Å². The Morgan fingerprint density at radius 1 is 0.933 bits per heavy atom. The molecule has 0 saturated carbocycles. The molecule has 0 spiro atoms. The summed E-state index contributed by atoms with van der Waals surface area (Å²) >= 11 is 0. The van der Waals surface area contributed by atoms with Gasteiger partial charge in [0.1, 0.15) is 5.75 Å². The summed E-state index contributed by atoms with van der Waals surface area (Å²) in [5, 5.41) is 8.06. The molecule has 0 unspecified atom stereocenters. The zero-order chi connectivity index (χ0) is 21.9. The van der Waals surface area contributed by atoms with Crippen LogP contribution in [0.4, 0.5) is 16.2 Å². The smallest absolute Gasteiger partial charge is 0.319 e. The summed E-state index contributed by atoms with van der Waals surface area (Å²) in [5.41, 5.74) is 1.68. The molecule has 0 fully saturated rings. The minimum Gasteiger partial charge on any atom is -0.497 e. The van der Waals surface area contributed by atoms with Crippen LogP contribution in [0.2, 0.25) is 0 Å². The van der Waals surface area contributed by atoms with Gasteiger partial charge in [0, 0.05) is 43.0 Å². The molecule has 160 valence electrons. The van der Waals surface area contributed by atoms with E-state index in [0.29, 0.717) is 35.8 Å². The highest BCUT2D eigenvalue weighted by Crippen LogP contribution is 2.15. The maximum Gasteiger partial charge on any atom is 0.319 e. The molecule has 2 aromatic rings. The number of carbonyl (C=O) groups is 3. The lowest BCUT2D eigenvalue weighted by molar-refractivity contribution is -0.116. The average Bonchev–Trinajstić information content (AvgIpc) is 2.75. The van der Waals surface area contributed by atoms with Crippen molar-refractivity contribution in [2.24, 2.45) is 0 Å². The first-order valence-corrected chi connectivity index (χ1v) is 9.84. The van der Waals surface area contributed by atoms with Crippen LogP contribution in [0.15, 0.2) is 48.5 Å². The molecular formula is C22H28N4O4. The number of anilines is 2. The van der Waals surface area contributed by atoms with Crippen molar-refractivity contribution in [1.29, 1.82) is 0 Å². The number of urea groups is 1. The Bertz CT molecular complexity index is 864. The second-order valence-corrected chi connectivity index (χ2v) is 6.47. The molecule has 2 aromatic carbocycles. The lowest BCUT2D eigenvalue weighted by atomic mass is 10.1. The number of hydrogen-bond donors (Lipinski definition) is 3. The largest absolute Gasteiger partial charge is 0.497 e. The van der Waals surface area contributed by atoms with E-state index >= 15 is 0 Å². The van der Waals surface area contributed by atoms with Crippen LogP contribution in [0.25, 0.3) is 0 Å². The normalized spacial score (nSPS) is 10.1. The van der Waals surface area contributed by atoms with Gasteiger partial charge in [-0.15, -0.1) is 0 Å². The molecule has 3 N–H and O–H groups in total. The van der Waals surface area contributed by atoms with Gasteiger partial charge < -0.3 is 25.6 Å². The highest BCUT2D eigenvalue weighted by Gasteiger charge is 2.13. The fraction of sp³-hybridized carbons (Fsp3) is 0.318. The van der Waals surface area contributed by atoms with Crippen LogP contribution >= 0.6 is 0 Å². The van der Waals surface area contributed by atoms with Crippen LogP contribution in [0.5, 0.6) is 5.75 Å². The molecule has 8 nitrogen and oxygen atoms in total. The molecule has 4 amide bonds. The summed E-state index contributed by atoms with van der Waals surface area (Å²) < 4.78 is 5.06. The molecule has 0 aliphatic heterocycles. The quantitative estimate of drug-likeness (QED) is 0.588. The summed E-state index contributed by atoms with van der Waals surface area (Å²) in [4.78, 5) is 38.2. The summed E-state index contributed by atoms with van der Waals surface area (Å²) in [6.07, 6.45) is 0.101. The highest BCUT2D eigenvalue weighted by molar-refractivity contribution is 5.97. The molecule has 0 aromatic heterocycles. The number of methoxy groups -OCH3 is 1. The standard InChI is InChI=1S/C22H28N4O4/c1-4-26(5-2)21(28)16-7-6-8-18(15-16)24-20(27)13-14-23-22(29)25-17-9-11-19(30-3)12-10-17/h6-12,15H,4-5,13-14H2,1-3H3,(H,24,27)(H2,23,25,29). The number of rotatable bonds is 9. The molecule has 0 aliphatic carbocycles. The fourth-order valence-electron chi connectivity index (χ4n) is 2.79. The van der Waals surface area contributed by atoms with E-state index in [1.165, 1.54) is 0 Å². The molecule has 0 radical (unpaired) electrons. The van der Waals surface area contributed by atoms with Gasteiger partial charge in [0.05, 0.1) is 7.11 Å². The minimum atomic E-state index is -0.403. The third-order valence-electron chi connectivity index (χ3n) is 4.43. The minimum absolute atomic E-state index is 0.0760. The van der Waals surface area contributed by atoms with Crippen LogP contribution < -0.4 is 20.7 Å². The molecule has 0 saturated heterocycles. The van der Waals surface area contributed by atoms with Gasteiger partial charge in [-0.3, -0.25) is 9.59 Å². The number of amides is 4. The van der Waals surface area contributed by atoms with E-state index in [1.54, 1.807) is 60.5 Å². The zero-order valence-electron chi connectivity index (χ0n) is 17.5. The molecule has 0 bridgehead atoms. The first-order valence-electron chi connectivity index (χ1n) is 9.84. The van der Waals surface area contributed by atoms with Crippen molar-refractivity contribution in [3.8, 4) is 5.75 Å². The second kappa shape index (κ2) is 11.5. The van der Waals surface area contributed by atoms with E-state index in [9.17, 15) is 14.4 Å². The Kier molecular flexibility index (Phi) is 8.68. The Hall–Kier alpha value is -3.55. The van der Waals surface area contributed by atoms with Crippen molar-refractivity contribution >= 4 is 29.2 Å².